The molecule has 1 atom stereocenters. The average molecular weight is 253 g/mol. The lowest BCUT2D eigenvalue weighted by Crippen LogP contribution is -2.41. The molecular weight excluding hydrogens is 234 g/mol. The normalized spacial score (nSPS) is 13.9. The predicted molar refractivity (Wildman–Crippen MR) is 67.6 cm³/mol. The van der Waals surface area contributed by atoms with Crippen molar-refractivity contribution in [1.29, 1.82) is 0 Å². The minimum Gasteiger partial charge on any atom is -0.508 e. The molecule has 1 rings (SSSR count). The highest BCUT2D eigenvalue weighted by molar-refractivity contribution is 5.94. The molecule has 18 heavy (non-hydrogen) atoms. The van der Waals surface area contributed by atoms with Gasteiger partial charge >= 0.3 is 0 Å². The molecule has 100 valence electrons. The van der Waals surface area contributed by atoms with Crippen molar-refractivity contribution in [3.63, 3.8) is 0 Å². The van der Waals surface area contributed by atoms with Crippen LogP contribution in [0.25, 0.3) is 0 Å². The average Bonchev–Trinajstić information content (AvgIpc) is 2.34. The number of phenolic OH excluding ortho intramolecular Hbond substituents is 1. The van der Waals surface area contributed by atoms with E-state index in [0.29, 0.717) is 18.6 Å². The fraction of sp³-hybridized carbons (Fsp3) is 0.462. The number of methoxy groups -OCH3 is 1. The number of benzene rings is 1. The number of amides is 1. The molecule has 0 aliphatic rings. The Balaban J connectivity index is 2.50. The van der Waals surface area contributed by atoms with Gasteiger partial charge in [-0.15, -0.1) is 0 Å². The summed E-state index contributed by atoms with van der Waals surface area (Å²) in [5.74, 6) is -0.294. The second-order valence-electron chi connectivity index (χ2n) is 4.47. The highest BCUT2D eigenvalue weighted by Gasteiger charge is 2.21. The minimum absolute atomic E-state index is 0.0359. The standard InChI is InChI=1S/C13H19NO4/c1-13(17,6-7-18-2)9-14-12(16)10-4-3-5-11(15)8-10/h3-5,8,15,17H,6-7,9H2,1-2H3,(H,14,16). The highest BCUT2D eigenvalue weighted by atomic mass is 16.5. The summed E-state index contributed by atoms with van der Waals surface area (Å²) in [5, 5.41) is 21.8. The third-order valence-electron chi connectivity index (χ3n) is 2.58. The van der Waals surface area contributed by atoms with E-state index in [0.717, 1.165) is 0 Å². The van der Waals surface area contributed by atoms with Crippen molar-refractivity contribution in [3.8, 4) is 5.75 Å². The number of phenols is 1. The van der Waals surface area contributed by atoms with E-state index < -0.39 is 5.60 Å². The molecule has 5 nitrogen and oxygen atoms in total. The van der Waals surface area contributed by atoms with E-state index in [9.17, 15) is 15.0 Å². The van der Waals surface area contributed by atoms with E-state index >= 15 is 0 Å². The molecule has 1 unspecified atom stereocenters. The summed E-state index contributed by atoms with van der Waals surface area (Å²) in [6, 6.07) is 6.05. The first-order valence-corrected chi connectivity index (χ1v) is 5.73. The smallest absolute Gasteiger partial charge is 0.251 e. The molecule has 0 heterocycles. The number of carbonyl (C=O) groups excluding carboxylic acids is 1. The molecule has 0 fully saturated rings. The molecule has 0 bridgehead atoms. The van der Waals surface area contributed by atoms with Crippen molar-refractivity contribution in [1.82, 2.24) is 5.32 Å². The number of hydrogen-bond acceptors (Lipinski definition) is 4. The second-order valence-corrected chi connectivity index (χ2v) is 4.47. The van der Waals surface area contributed by atoms with Crippen molar-refractivity contribution in [2.75, 3.05) is 20.3 Å². The minimum atomic E-state index is -1.01. The zero-order chi connectivity index (χ0) is 13.6. The van der Waals surface area contributed by atoms with Gasteiger partial charge in [0.25, 0.3) is 5.91 Å². The lowest BCUT2D eigenvalue weighted by molar-refractivity contribution is 0.0243. The quantitative estimate of drug-likeness (QED) is 0.704. The van der Waals surface area contributed by atoms with E-state index in [1.165, 1.54) is 12.1 Å². The Morgan fingerprint density at radius 3 is 2.83 bits per heavy atom. The van der Waals surface area contributed by atoms with Crippen LogP contribution in [-0.2, 0) is 4.74 Å². The maximum absolute atomic E-state index is 11.8. The van der Waals surface area contributed by atoms with Crippen LogP contribution >= 0.6 is 0 Å². The van der Waals surface area contributed by atoms with Crippen molar-refractivity contribution < 1.29 is 19.7 Å². The summed E-state index contributed by atoms with van der Waals surface area (Å²) in [7, 11) is 1.56. The van der Waals surface area contributed by atoms with Crippen molar-refractivity contribution in [2.24, 2.45) is 0 Å². The number of nitrogens with one attached hydrogen (secondary N) is 1. The first kappa shape index (κ1) is 14.5. The maximum Gasteiger partial charge on any atom is 0.251 e. The number of carbonyl (C=O) groups is 1. The lowest BCUT2D eigenvalue weighted by Gasteiger charge is -2.23. The molecule has 0 aromatic heterocycles. The summed E-state index contributed by atoms with van der Waals surface area (Å²) >= 11 is 0. The van der Waals surface area contributed by atoms with Crippen molar-refractivity contribution >= 4 is 5.91 Å². The van der Waals surface area contributed by atoms with Gasteiger partial charge in [-0.25, -0.2) is 0 Å². The van der Waals surface area contributed by atoms with Crippen LogP contribution in [0.3, 0.4) is 0 Å². The van der Waals surface area contributed by atoms with Gasteiger partial charge in [0.2, 0.25) is 0 Å². The molecule has 1 aromatic rings. The van der Waals surface area contributed by atoms with E-state index in [1.807, 2.05) is 0 Å². The summed E-state index contributed by atoms with van der Waals surface area (Å²) in [5.41, 5.74) is -0.653. The number of rotatable bonds is 6. The zero-order valence-corrected chi connectivity index (χ0v) is 10.6. The van der Waals surface area contributed by atoms with Crippen LogP contribution < -0.4 is 5.32 Å². The monoisotopic (exact) mass is 253 g/mol. The Morgan fingerprint density at radius 1 is 1.50 bits per heavy atom. The first-order chi connectivity index (χ1) is 8.44. The van der Waals surface area contributed by atoms with Crippen LogP contribution in [-0.4, -0.2) is 42.0 Å². The SMILES string of the molecule is COCCC(C)(O)CNC(=O)c1cccc(O)c1. The predicted octanol–water partition coefficient (Wildman–Crippen LogP) is 0.909. The summed E-state index contributed by atoms with van der Waals surface area (Å²) in [6.07, 6.45) is 0.434. The van der Waals surface area contributed by atoms with Gasteiger partial charge in [-0.1, -0.05) is 6.07 Å². The Bertz CT molecular complexity index is 404. The molecule has 1 amide bonds. The van der Waals surface area contributed by atoms with Crippen LogP contribution in [0.15, 0.2) is 24.3 Å². The lowest BCUT2D eigenvalue weighted by atomic mass is 10.0. The van der Waals surface area contributed by atoms with Gasteiger partial charge in [0.05, 0.1) is 5.60 Å². The Hall–Kier alpha value is -1.59. The second kappa shape index (κ2) is 6.37. The molecule has 0 saturated carbocycles. The van der Waals surface area contributed by atoms with Crippen LogP contribution in [0.4, 0.5) is 0 Å². The first-order valence-electron chi connectivity index (χ1n) is 5.73. The van der Waals surface area contributed by atoms with Gasteiger partial charge in [0, 0.05) is 32.2 Å². The van der Waals surface area contributed by atoms with Crippen LogP contribution in [0.1, 0.15) is 23.7 Å². The fourth-order valence-electron chi connectivity index (χ4n) is 1.43. The van der Waals surface area contributed by atoms with Gasteiger partial charge in [0.15, 0.2) is 0 Å². The molecular formula is C13H19NO4. The van der Waals surface area contributed by atoms with Crippen LogP contribution in [0, 0.1) is 0 Å². The summed E-state index contributed by atoms with van der Waals surface area (Å²) in [4.78, 5) is 11.8. The molecule has 0 spiro atoms. The Morgan fingerprint density at radius 2 is 2.22 bits per heavy atom. The van der Waals surface area contributed by atoms with E-state index in [2.05, 4.69) is 5.32 Å². The van der Waals surface area contributed by atoms with Gasteiger partial charge in [-0.05, 0) is 25.1 Å². The van der Waals surface area contributed by atoms with Gasteiger partial charge in [-0.3, -0.25) is 4.79 Å². The molecule has 0 aliphatic heterocycles. The van der Waals surface area contributed by atoms with Crippen LogP contribution in [0.5, 0.6) is 5.75 Å². The third-order valence-corrected chi connectivity index (χ3v) is 2.58. The molecule has 3 N–H and O–H groups in total. The van der Waals surface area contributed by atoms with Crippen LogP contribution in [0.2, 0.25) is 0 Å². The van der Waals surface area contributed by atoms with Gasteiger partial charge in [0.1, 0.15) is 5.75 Å². The largest absolute Gasteiger partial charge is 0.508 e. The zero-order valence-electron chi connectivity index (χ0n) is 10.6. The summed E-state index contributed by atoms with van der Waals surface area (Å²) in [6.45, 7) is 2.19. The number of hydrogen-bond donors (Lipinski definition) is 3. The molecule has 0 aliphatic carbocycles. The Labute approximate surface area is 106 Å². The summed E-state index contributed by atoms with van der Waals surface area (Å²) < 4.78 is 4.88. The topological polar surface area (TPSA) is 78.8 Å². The van der Waals surface area contributed by atoms with Gasteiger partial charge < -0.3 is 20.3 Å². The fourth-order valence-corrected chi connectivity index (χ4v) is 1.43. The number of aromatic hydroxyl groups is 1. The molecule has 0 radical (unpaired) electrons. The van der Waals surface area contributed by atoms with Gasteiger partial charge in [-0.2, -0.15) is 0 Å². The van der Waals surface area contributed by atoms with E-state index in [4.69, 9.17) is 4.74 Å². The third kappa shape index (κ3) is 4.73. The maximum atomic E-state index is 11.8. The molecule has 0 saturated heterocycles. The van der Waals surface area contributed by atoms with E-state index in [-0.39, 0.29) is 18.2 Å². The Kier molecular flexibility index (Phi) is 5.12. The highest BCUT2D eigenvalue weighted by Crippen LogP contribution is 2.12. The number of aliphatic hydroxyl groups is 1. The van der Waals surface area contributed by atoms with Crippen molar-refractivity contribution in [3.05, 3.63) is 29.8 Å². The molecule has 5 heteroatoms. The number of ether oxygens (including phenoxy) is 1. The van der Waals surface area contributed by atoms with Crippen molar-refractivity contribution in [2.45, 2.75) is 18.9 Å². The molecule has 1 aromatic carbocycles. The van der Waals surface area contributed by atoms with E-state index in [1.54, 1.807) is 26.2 Å².